The Labute approximate surface area is 166 Å². The molecule has 0 unspecified atom stereocenters. The second kappa shape index (κ2) is 9.58. The fourth-order valence-electron chi connectivity index (χ4n) is 3.84. The lowest BCUT2D eigenvalue weighted by Gasteiger charge is -2.18. The first-order valence-electron chi connectivity index (χ1n) is 10.0. The van der Waals surface area contributed by atoms with Crippen LogP contribution in [0.4, 0.5) is 15.8 Å². The predicted octanol–water partition coefficient (Wildman–Crippen LogP) is 5.66. The Morgan fingerprint density at radius 1 is 1.14 bits per heavy atom. The van der Waals surface area contributed by atoms with Gasteiger partial charge in [-0.3, -0.25) is 4.79 Å². The zero-order chi connectivity index (χ0) is 19.9. The van der Waals surface area contributed by atoms with Crippen LogP contribution in [0.25, 0.3) is 0 Å². The number of halogens is 1. The van der Waals surface area contributed by atoms with Gasteiger partial charge in [0.15, 0.2) is 0 Å². The minimum Gasteiger partial charge on any atom is -0.495 e. The van der Waals surface area contributed by atoms with Crippen molar-refractivity contribution in [1.29, 1.82) is 0 Å². The maximum Gasteiger partial charge on any atom is 0.224 e. The third-order valence-electron chi connectivity index (χ3n) is 5.56. The fourth-order valence-corrected chi connectivity index (χ4v) is 3.84. The topological polar surface area (TPSA) is 50.4 Å². The molecular formula is C23H29FN2O2. The highest BCUT2D eigenvalue weighted by molar-refractivity contribution is 5.94. The van der Waals surface area contributed by atoms with Crippen LogP contribution in [0.15, 0.2) is 36.4 Å². The summed E-state index contributed by atoms with van der Waals surface area (Å²) in [6, 6.07) is 10.2. The van der Waals surface area contributed by atoms with Crippen molar-refractivity contribution in [2.45, 2.75) is 52.0 Å². The molecule has 150 valence electrons. The molecule has 2 aromatic carbocycles. The Balaban J connectivity index is 1.65. The van der Waals surface area contributed by atoms with Gasteiger partial charge in [0.2, 0.25) is 5.91 Å². The number of benzene rings is 2. The van der Waals surface area contributed by atoms with E-state index in [1.165, 1.54) is 37.8 Å². The van der Waals surface area contributed by atoms with Gasteiger partial charge in [0.1, 0.15) is 11.6 Å². The van der Waals surface area contributed by atoms with Crippen LogP contribution in [0.1, 0.15) is 49.7 Å². The molecule has 1 fully saturated rings. The van der Waals surface area contributed by atoms with Crippen LogP contribution in [0.3, 0.4) is 0 Å². The maximum absolute atomic E-state index is 13.1. The molecule has 28 heavy (non-hydrogen) atoms. The number of methoxy groups -OCH3 is 1. The molecule has 0 saturated heterocycles. The molecule has 0 aliphatic heterocycles. The van der Waals surface area contributed by atoms with Gasteiger partial charge in [0.25, 0.3) is 0 Å². The summed E-state index contributed by atoms with van der Waals surface area (Å²) in [4.78, 5) is 12.5. The van der Waals surface area contributed by atoms with Gasteiger partial charge < -0.3 is 15.4 Å². The minimum absolute atomic E-state index is 0.0315. The summed E-state index contributed by atoms with van der Waals surface area (Å²) in [5.74, 6) is 1.13. The Morgan fingerprint density at radius 2 is 1.86 bits per heavy atom. The largest absolute Gasteiger partial charge is 0.495 e. The Kier molecular flexibility index (Phi) is 6.90. The first-order chi connectivity index (χ1) is 13.6. The summed E-state index contributed by atoms with van der Waals surface area (Å²) >= 11 is 0. The molecule has 4 nitrogen and oxygen atoms in total. The third-order valence-corrected chi connectivity index (χ3v) is 5.56. The standard InChI is InChI=1S/C23H29FN2O2/c1-16-20(25-15-18-7-10-19(24)11-8-18)12-13-21(28-2)23(16)26-22(27)14-9-17-5-3-4-6-17/h7-8,10-13,17,25H,3-6,9,14-15H2,1-2H3,(H,26,27). The molecular weight excluding hydrogens is 355 g/mol. The zero-order valence-electron chi connectivity index (χ0n) is 16.7. The first-order valence-corrected chi connectivity index (χ1v) is 10.0. The molecule has 5 heteroatoms. The number of carbonyl (C=O) groups is 1. The Bertz CT molecular complexity index is 799. The number of hydrogen-bond acceptors (Lipinski definition) is 3. The highest BCUT2D eigenvalue weighted by Gasteiger charge is 2.18. The highest BCUT2D eigenvalue weighted by Crippen LogP contribution is 2.34. The van der Waals surface area contributed by atoms with Crippen molar-refractivity contribution >= 4 is 17.3 Å². The van der Waals surface area contributed by atoms with Crippen molar-refractivity contribution in [3.8, 4) is 5.75 Å². The summed E-state index contributed by atoms with van der Waals surface area (Å²) in [6.45, 7) is 2.53. The molecule has 1 aliphatic carbocycles. The summed E-state index contributed by atoms with van der Waals surface area (Å²) in [5.41, 5.74) is 3.54. The SMILES string of the molecule is COc1ccc(NCc2ccc(F)cc2)c(C)c1NC(=O)CCC1CCCC1. The molecule has 2 N–H and O–H groups in total. The number of amides is 1. The van der Waals surface area contributed by atoms with Gasteiger partial charge in [0.05, 0.1) is 12.8 Å². The maximum atomic E-state index is 13.1. The lowest BCUT2D eigenvalue weighted by Crippen LogP contribution is -2.15. The van der Waals surface area contributed by atoms with E-state index >= 15 is 0 Å². The van der Waals surface area contributed by atoms with Crippen molar-refractivity contribution in [1.82, 2.24) is 0 Å². The minimum atomic E-state index is -0.244. The monoisotopic (exact) mass is 384 g/mol. The van der Waals surface area contributed by atoms with Crippen LogP contribution in [-0.4, -0.2) is 13.0 Å². The molecule has 1 aliphatic rings. The predicted molar refractivity (Wildman–Crippen MR) is 111 cm³/mol. The van der Waals surface area contributed by atoms with Crippen molar-refractivity contribution in [2.75, 3.05) is 17.7 Å². The van der Waals surface area contributed by atoms with Crippen molar-refractivity contribution in [3.63, 3.8) is 0 Å². The molecule has 1 amide bonds. The number of carbonyl (C=O) groups excluding carboxylic acids is 1. The molecule has 0 spiro atoms. The van der Waals surface area contributed by atoms with Crippen LogP contribution in [0.5, 0.6) is 5.75 Å². The van der Waals surface area contributed by atoms with E-state index in [4.69, 9.17) is 4.74 Å². The van der Waals surface area contributed by atoms with E-state index in [1.54, 1.807) is 19.2 Å². The van der Waals surface area contributed by atoms with Crippen molar-refractivity contribution < 1.29 is 13.9 Å². The van der Waals surface area contributed by atoms with Crippen LogP contribution >= 0.6 is 0 Å². The molecule has 2 aromatic rings. The Morgan fingerprint density at radius 3 is 2.54 bits per heavy atom. The first kappa shape index (κ1) is 20.2. The lowest BCUT2D eigenvalue weighted by molar-refractivity contribution is -0.116. The van der Waals surface area contributed by atoms with E-state index in [1.807, 2.05) is 19.1 Å². The van der Waals surface area contributed by atoms with Gasteiger partial charge in [-0.2, -0.15) is 0 Å². The normalized spacial score (nSPS) is 14.1. The summed E-state index contributed by atoms with van der Waals surface area (Å²) in [7, 11) is 1.61. The molecule has 0 heterocycles. The zero-order valence-corrected chi connectivity index (χ0v) is 16.7. The van der Waals surface area contributed by atoms with E-state index in [0.717, 1.165) is 23.2 Å². The van der Waals surface area contributed by atoms with Crippen LogP contribution in [-0.2, 0) is 11.3 Å². The van der Waals surface area contributed by atoms with E-state index in [0.29, 0.717) is 30.3 Å². The van der Waals surface area contributed by atoms with E-state index < -0.39 is 0 Å². The van der Waals surface area contributed by atoms with Gasteiger partial charge in [-0.1, -0.05) is 37.8 Å². The average molecular weight is 384 g/mol. The molecule has 3 rings (SSSR count). The highest BCUT2D eigenvalue weighted by atomic mass is 19.1. The van der Waals surface area contributed by atoms with Crippen LogP contribution in [0, 0.1) is 18.7 Å². The summed E-state index contributed by atoms with van der Waals surface area (Å²) < 4.78 is 18.5. The van der Waals surface area contributed by atoms with Gasteiger partial charge in [0, 0.05) is 18.7 Å². The molecule has 0 radical (unpaired) electrons. The lowest BCUT2D eigenvalue weighted by atomic mass is 10.0. The molecule has 0 atom stereocenters. The van der Waals surface area contributed by atoms with E-state index in [-0.39, 0.29) is 11.7 Å². The number of anilines is 2. The van der Waals surface area contributed by atoms with Gasteiger partial charge in [-0.25, -0.2) is 4.39 Å². The van der Waals surface area contributed by atoms with Gasteiger partial charge >= 0.3 is 0 Å². The van der Waals surface area contributed by atoms with Crippen LogP contribution < -0.4 is 15.4 Å². The molecule has 0 aromatic heterocycles. The number of hydrogen-bond donors (Lipinski definition) is 2. The van der Waals surface area contributed by atoms with Crippen molar-refractivity contribution in [3.05, 3.63) is 53.3 Å². The molecule has 1 saturated carbocycles. The van der Waals surface area contributed by atoms with Crippen molar-refractivity contribution in [2.24, 2.45) is 5.92 Å². The number of rotatable bonds is 8. The van der Waals surface area contributed by atoms with Crippen LogP contribution in [0.2, 0.25) is 0 Å². The number of nitrogens with one attached hydrogen (secondary N) is 2. The third kappa shape index (κ3) is 5.24. The van der Waals surface area contributed by atoms with Gasteiger partial charge in [-0.15, -0.1) is 0 Å². The second-order valence-corrected chi connectivity index (χ2v) is 7.53. The summed E-state index contributed by atoms with van der Waals surface area (Å²) in [6.07, 6.45) is 6.58. The Hall–Kier alpha value is -2.56. The number of ether oxygens (including phenoxy) is 1. The smallest absolute Gasteiger partial charge is 0.224 e. The van der Waals surface area contributed by atoms with E-state index in [2.05, 4.69) is 10.6 Å². The fraction of sp³-hybridized carbons (Fsp3) is 0.435. The van der Waals surface area contributed by atoms with E-state index in [9.17, 15) is 9.18 Å². The average Bonchev–Trinajstić information content (AvgIpc) is 3.22. The van der Waals surface area contributed by atoms with Gasteiger partial charge in [-0.05, 0) is 54.7 Å². The molecule has 0 bridgehead atoms. The summed E-state index contributed by atoms with van der Waals surface area (Å²) in [5, 5.41) is 6.41. The quantitative estimate of drug-likeness (QED) is 0.617. The second-order valence-electron chi connectivity index (χ2n) is 7.53.